The molecule has 5 nitrogen and oxygen atoms in total. The molecule has 0 saturated carbocycles. The summed E-state index contributed by atoms with van der Waals surface area (Å²) in [7, 11) is -3.69. The molecule has 3 aromatic rings. The van der Waals surface area contributed by atoms with E-state index < -0.39 is 10.0 Å². The van der Waals surface area contributed by atoms with E-state index in [1.54, 1.807) is 18.2 Å². The second-order valence-corrected chi connectivity index (χ2v) is 9.16. The van der Waals surface area contributed by atoms with Crippen molar-refractivity contribution in [1.29, 1.82) is 0 Å². The quantitative estimate of drug-likeness (QED) is 0.705. The summed E-state index contributed by atoms with van der Waals surface area (Å²) in [6.45, 7) is 6.11. The molecule has 0 radical (unpaired) electrons. The Hall–Kier alpha value is -2.57. The number of nitrogens with one attached hydrogen (secondary N) is 2. The first kappa shape index (κ1) is 18.8. The van der Waals surface area contributed by atoms with Gasteiger partial charge in [-0.3, -0.25) is 4.72 Å². The van der Waals surface area contributed by atoms with Crippen molar-refractivity contribution in [2.45, 2.75) is 30.8 Å². The highest BCUT2D eigenvalue weighted by Gasteiger charge is 2.22. The number of hydrogen-bond donors (Lipinski definition) is 2. The van der Waals surface area contributed by atoms with Crippen LogP contribution >= 0.6 is 0 Å². The molecule has 0 unspecified atom stereocenters. The van der Waals surface area contributed by atoms with Crippen LogP contribution < -0.4 is 14.9 Å². The minimum atomic E-state index is -3.69. The lowest BCUT2D eigenvalue weighted by atomic mass is 10.1. The van der Waals surface area contributed by atoms with Crippen LogP contribution in [-0.2, 0) is 10.0 Å². The van der Waals surface area contributed by atoms with Gasteiger partial charge in [-0.2, -0.15) is 0 Å². The largest absolute Gasteiger partial charge is 0.368 e. The molecule has 1 aliphatic rings. The van der Waals surface area contributed by atoms with E-state index in [2.05, 4.69) is 28.8 Å². The van der Waals surface area contributed by atoms with Gasteiger partial charge in [0.1, 0.15) is 0 Å². The van der Waals surface area contributed by atoms with Crippen LogP contribution in [-0.4, -0.2) is 33.6 Å². The third-order valence-corrected chi connectivity index (χ3v) is 6.50. The second-order valence-electron chi connectivity index (χ2n) is 7.51. The van der Waals surface area contributed by atoms with E-state index in [0.717, 1.165) is 29.5 Å². The molecule has 6 heteroatoms. The summed E-state index contributed by atoms with van der Waals surface area (Å²) in [4.78, 5) is 2.59. The predicted molar refractivity (Wildman–Crippen MR) is 115 cm³/mol. The maximum Gasteiger partial charge on any atom is 0.262 e. The average Bonchev–Trinajstić information content (AvgIpc) is 2.66. The lowest BCUT2D eigenvalue weighted by molar-refractivity contribution is 0.407. The molecule has 28 heavy (non-hydrogen) atoms. The van der Waals surface area contributed by atoms with Crippen LogP contribution in [0.15, 0.2) is 71.6 Å². The minimum Gasteiger partial charge on any atom is -0.368 e. The highest BCUT2D eigenvalue weighted by atomic mass is 32.2. The summed E-state index contributed by atoms with van der Waals surface area (Å²) in [5.41, 5.74) is 1.60. The molecule has 4 rings (SSSR count). The fourth-order valence-electron chi connectivity index (χ4n) is 3.94. The molecule has 3 aromatic carbocycles. The molecule has 1 aliphatic heterocycles. The molecular formula is C22H25N3O2S. The lowest BCUT2D eigenvalue weighted by Gasteiger charge is -2.37. The third kappa shape index (κ3) is 3.84. The van der Waals surface area contributed by atoms with Crippen LogP contribution in [0, 0.1) is 0 Å². The lowest BCUT2D eigenvalue weighted by Crippen LogP contribution is -2.54. The molecule has 0 amide bonds. The number of anilines is 2. The molecule has 0 aromatic heterocycles. The zero-order chi connectivity index (χ0) is 19.7. The van der Waals surface area contributed by atoms with Crippen molar-refractivity contribution in [3.05, 3.63) is 66.7 Å². The summed E-state index contributed by atoms with van der Waals surface area (Å²) in [5.74, 6) is 0. The Bertz CT molecular complexity index is 1080. The van der Waals surface area contributed by atoms with Crippen molar-refractivity contribution in [2.75, 3.05) is 22.7 Å². The zero-order valence-corrected chi connectivity index (χ0v) is 16.9. The fraction of sp³-hybridized carbons (Fsp3) is 0.273. The Balaban J connectivity index is 1.63. The molecule has 1 saturated heterocycles. The highest BCUT2D eigenvalue weighted by Crippen LogP contribution is 2.27. The highest BCUT2D eigenvalue weighted by molar-refractivity contribution is 7.93. The number of rotatable bonds is 4. The number of hydrogen-bond acceptors (Lipinski definition) is 4. The van der Waals surface area contributed by atoms with Gasteiger partial charge in [0.2, 0.25) is 0 Å². The SMILES string of the molecule is C[C@@H]1CN(c2cccc(NS(=O)(=O)c3cccc4ccccc34)c2)C[C@H](C)N1. The van der Waals surface area contributed by atoms with E-state index in [-0.39, 0.29) is 0 Å². The van der Waals surface area contributed by atoms with Crippen molar-refractivity contribution in [2.24, 2.45) is 0 Å². The van der Waals surface area contributed by atoms with Gasteiger partial charge in [-0.1, -0.05) is 42.5 Å². The van der Waals surface area contributed by atoms with Gasteiger partial charge in [-0.05, 0) is 43.5 Å². The maximum absolute atomic E-state index is 13.1. The molecule has 0 spiro atoms. The smallest absolute Gasteiger partial charge is 0.262 e. The van der Waals surface area contributed by atoms with E-state index in [9.17, 15) is 8.42 Å². The van der Waals surface area contributed by atoms with E-state index in [4.69, 9.17) is 0 Å². The Morgan fingerprint density at radius 1 is 0.929 bits per heavy atom. The van der Waals surface area contributed by atoms with Crippen molar-refractivity contribution >= 4 is 32.2 Å². The first-order valence-corrected chi connectivity index (χ1v) is 11.0. The molecular weight excluding hydrogens is 370 g/mol. The first-order valence-electron chi connectivity index (χ1n) is 9.54. The predicted octanol–water partition coefficient (Wildman–Crippen LogP) is 3.83. The van der Waals surface area contributed by atoms with Gasteiger partial charge in [0.05, 0.1) is 10.6 Å². The van der Waals surface area contributed by atoms with Crippen LogP contribution in [0.2, 0.25) is 0 Å². The number of benzene rings is 3. The Kier molecular flexibility index (Phi) is 5.00. The minimum absolute atomic E-state index is 0.292. The maximum atomic E-state index is 13.1. The van der Waals surface area contributed by atoms with Crippen molar-refractivity contribution in [3.8, 4) is 0 Å². The van der Waals surface area contributed by atoms with Crippen molar-refractivity contribution < 1.29 is 8.42 Å². The third-order valence-electron chi connectivity index (χ3n) is 5.06. The molecule has 1 fully saturated rings. The van der Waals surface area contributed by atoms with E-state index in [1.165, 1.54) is 0 Å². The zero-order valence-electron chi connectivity index (χ0n) is 16.1. The van der Waals surface area contributed by atoms with E-state index in [1.807, 2.05) is 48.5 Å². The summed E-state index contributed by atoms with van der Waals surface area (Å²) < 4.78 is 28.9. The summed E-state index contributed by atoms with van der Waals surface area (Å²) in [6.07, 6.45) is 0. The Labute approximate surface area is 166 Å². The van der Waals surface area contributed by atoms with Gasteiger partial charge in [0.15, 0.2) is 0 Å². The van der Waals surface area contributed by atoms with Gasteiger partial charge in [-0.25, -0.2) is 8.42 Å². The average molecular weight is 396 g/mol. The van der Waals surface area contributed by atoms with Crippen molar-refractivity contribution in [3.63, 3.8) is 0 Å². The normalized spacial score (nSPS) is 20.3. The fourth-order valence-corrected chi connectivity index (χ4v) is 5.22. The summed E-state index contributed by atoms with van der Waals surface area (Å²) in [5, 5.41) is 5.14. The van der Waals surface area contributed by atoms with Crippen LogP contribution in [0.4, 0.5) is 11.4 Å². The molecule has 146 valence electrons. The molecule has 2 atom stereocenters. The standard InChI is InChI=1S/C22H25N3O2S/c1-16-14-25(15-17(2)23-16)20-10-6-9-19(13-20)24-28(26,27)22-12-5-8-18-7-3-4-11-21(18)22/h3-13,16-17,23-24H,14-15H2,1-2H3/t16-,17+. The Morgan fingerprint density at radius 3 is 2.39 bits per heavy atom. The Morgan fingerprint density at radius 2 is 1.61 bits per heavy atom. The number of piperazine rings is 1. The molecule has 2 N–H and O–H groups in total. The van der Waals surface area contributed by atoms with Crippen LogP contribution in [0.5, 0.6) is 0 Å². The monoisotopic (exact) mass is 395 g/mol. The number of fused-ring (bicyclic) bond motifs is 1. The van der Waals surface area contributed by atoms with Crippen molar-refractivity contribution in [1.82, 2.24) is 5.32 Å². The molecule has 0 aliphatic carbocycles. The van der Waals surface area contributed by atoms with Crippen LogP contribution in [0.3, 0.4) is 0 Å². The van der Waals surface area contributed by atoms with Gasteiger partial charge in [0.25, 0.3) is 10.0 Å². The van der Waals surface area contributed by atoms with Crippen LogP contribution in [0.25, 0.3) is 10.8 Å². The van der Waals surface area contributed by atoms with E-state index >= 15 is 0 Å². The molecule has 0 bridgehead atoms. The number of sulfonamides is 1. The molecule has 1 heterocycles. The first-order chi connectivity index (χ1) is 13.4. The van der Waals surface area contributed by atoms with Gasteiger partial charge in [0, 0.05) is 36.2 Å². The van der Waals surface area contributed by atoms with Gasteiger partial charge in [-0.15, -0.1) is 0 Å². The van der Waals surface area contributed by atoms with Gasteiger partial charge < -0.3 is 10.2 Å². The second kappa shape index (κ2) is 7.45. The summed E-state index contributed by atoms with van der Waals surface area (Å²) in [6, 6.07) is 21.3. The van der Waals surface area contributed by atoms with E-state index in [0.29, 0.717) is 22.7 Å². The van der Waals surface area contributed by atoms with Crippen LogP contribution in [0.1, 0.15) is 13.8 Å². The number of nitrogens with zero attached hydrogens (tertiary/aromatic N) is 1. The summed E-state index contributed by atoms with van der Waals surface area (Å²) >= 11 is 0. The van der Waals surface area contributed by atoms with Gasteiger partial charge >= 0.3 is 0 Å². The topological polar surface area (TPSA) is 61.4 Å².